The molecule has 0 unspecified atom stereocenters. The van der Waals surface area contributed by atoms with Crippen LogP contribution < -0.4 is 0 Å². The summed E-state index contributed by atoms with van der Waals surface area (Å²) in [5.74, 6) is 1.48. The second-order valence-electron chi connectivity index (χ2n) is 6.36. The Morgan fingerprint density at radius 2 is 1.87 bits per heavy atom. The van der Waals surface area contributed by atoms with Crippen molar-refractivity contribution in [2.24, 2.45) is 0 Å². The van der Waals surface area contributed by atoms with Crippen LogP contribution in [0.4, 0.5) is 0 Å². The van der Waals surface area contributed by atoms with E-state index in [0.717, 1.165) is 27.9 Å². The van der Waals surface area contributed by atoms with E-state index in [1.165, 1.54) is 31.2 Å². The van der Waals surface area contributed by atoms with Crippen molar-refractivity contribution in [2.75, 3.05) is 0 Å². The summed E-state index contributed by atoms with van der Waals surface area (Å²) in [4.78, 5) is 0. The molecular weight excluding hydrogens is 308 g/mol. The van der Waals surface area contributed by atoms with E-state index in [0.29, 0.717) is 10.9 Å². The largest absolute Gasteiger partial charge is 0.456 e. The molecule has 1 aromatic heterocycles. The zero-order valence-electron chi connectivity index (χ0n) is 12.9. The van der Waals surface area contributed by atoms with Crippen molar-refractivity contribution in [1.29, 1.82) is 0 Å². The lowest BCUT2D eigenvalue weighted by Gasteiger charge is -2.08. The first-order valence-corrected chi connectivity index (χ1v) is 8.55. The van der Waals surface area contributed by atoms with E-state index in [9.17, 15) is 5.11 Å². The molecule has 23 heavy (non-hydrogen) atoms. The van der Waals surface area contributed by atoms with Crippen molar-refractivity contribution >= 4 is 22.6 Å². The monoisotopic (exact) mass is 326 g/mol. The van der Waals surface area contributed by atoms with Gasteiger partial charge in [-0.3, -0.25) is 0 Å². The molecule has 1 fully saturated rings. The Kier molecular flexibility index (Phi) is 3.88. The molecule has 2 nitrogen and oxygen atoms in total. The lowest BCUT2D eigenvalue weighted by Crippen LogP contribution is -1.90. The molecule has 1 heterocycles. The number of hydrogen-bond acceptors (Lipinski definition) is 2. The molecule has 1 aliphatic rings. The minimum absolute atomic E-state index is 0.00905. The maximum atomic E-state index is 9.19. The lowest BCUT2D eigenvalue weighted by atomic mass is 9.96. The molecule has 0 radical (unpaired) electrons. The van der Waals surface area contributed by atoms with Gasteiger partial charge in [-0.2, -0.15) is 0 Å². The van der Waals surface area contributed by atoms with Crippen LogP contribution in [-0.4, -0.2) is 5.11 Å². The van der Waals surface area contributed by atoms with Crippen LogP contribution >= 0.6 is 11.6 Å². The summed E-state index contributed by atoms with van der Waals surface area (Å²) in [6, 6.07) is 14.2. The average molecular weight is 327 g/mol. The van der Waals surface area contributed by atoms with Crippen molar-refractivity contribution in [3.63, 3.8) is 0 Å². The normalized spacial score (nSPS) is 15.6. The van der Waals surface area contributed by atoms with Crippen LogP contribution in [0.15, 0.2) is 46.9 Å². The SMILES string of the molecule is OCc1ccc(-c2cc3cc(C4CCCC4)ccc3o2)c(Cl)c1. The van der Waals surface area contributed by atoms with Crippen molar-refractivity contribution in [3.05, 3.63) is 58.6 Å². The Labute approximate surface area is 140 Å². The highest BCUT2D eigenvalue weighted by molar-refractivity contribution is 6.33. The van der Waals surface area contributed by atoms with Crippen LogP contribution in [-0.2, 0) is 6.61 Å². The summed E-state index contributed by atoms with van der Waals surface area (Å²) >= 11 is 6.33. The molecule has 1 aliphatic carbocycles. The molecule has 1 saturated carbocycles. The predicted octanol–water partition coefficient (Wildman–Crippen LogP) is 5.90. The number of benzene rings is 2. The van der Waals surface area contributed by atoms with Crippen LogP contribution in [0.25, 0.3) is 22.3 Å². The topological polar surface area (TPSA) is 33.4 Å². The number of halogens is 1. The van der Waals surface area contributed by atoms with Crippen molar-refractivity contribution in [3.8, 4) is 11.3 Å². The van der Waals surface area contributed by atoms with E-state index >= 15 is 0 Å². The Morgan fingerprint density at radius 1 is 1.04 bits per heavy atom. The molecule has 2 aromatic carbocycles. The highest BCUT2D eigenvalue weighted by Crippen LogP contribution is 2.38. The highest BCUT2D eigenvalue weighted by Gasteiger charge is 2.18. The van der Waals surface area contributed by atoms with Gasteiger partial charge < -0.3 is 9.52 Å². The summed E-state index contributed by atoms with van der Waals surface area (Å²) in [6.45, 7) is -0.00905. The minimum Gasteiger partial charge on any atom is -0.456 e. The fraction of sp³-hybridized carbons (Fsp3) is 0.300. The number of fused-ring (bicyclic) bond motifs is 1. The molecule has 3 heteroatoms. The van der Waals surface area contributed by atoms with Gasteiger partial charge in [0.25, 0.3) is 0 Å². The van der Waals surface area contributed by atoms with Gasteiger partial charge in [-0.15, -0.1) is 0 Å². The number of hydrogen-bond donors (Lipinski definition) is 1. The van der Waals surface area contributed by atoms with Gasteiger partial charge >= 0.3 is 0 Å². The van der Waals surface area contributed by atoms with Crippen LogP contribution in [0, 0.1) is 0 Å². The maximum absolute atomic E-state index is 9.19. The predicted molar refractivity (Wildman–Crippen MR) is 93.8 cm³/mol. The third kappa shape index (κ3) is 2.77. The van der Waals surface area contributed by atoms with Gasteiger partial charge in [-0.1, -0.05) is 36.6 Å². The van der Waals surface area contributed by atoms with Crippen LogP contribution in [0.1, 0.15) is 42.7 Å². The molecule has 3 aromatic rings. The molecule has 0 amide bonds. The van der Waals surface area contributed by atoms with E-state index in [1.807, 2.05) is 12.1 Å². The summed E-state index contributed by atoms with van der Waals surface area (Å²) in [7, 11) is 0. The third-order valence-electron chi connectivity index (χ3n) is 4.85. The quantitative estimate of drug-likeness (QED) is 0.649. The van der Waals surface area contributed by atoms with E-state index in [1.54, 1.807) is 6.07 Å². The number of aliphatic hydroxyl groups excluding tert-OH is 1. The Balaban J connectivity index is 1.73. The van der Waals surface area contributed by atoms with E-state index < -0.39 is 0 Å². The number of rotatable bonds is 3. The first kappa shape index (κ1) is 14.8. The number of furan rings is 1. The van der Waals surface area contributed by atoms with E-state index in [2.05, 4.69) is 24.3 Å². The lowest BCUT2D eigenvalue weighted by molar-refractivity contribution is 0.282. The first-order chi connectivity index (χ1) is 11.2. The maximum Gasteiger partial charge on any atom is 0.136 e. The van der Waals surface area contributed by atoms with E-state index in [4.69, 9.17) is 16.0 Å². The molecule has 4 rings (SSSR count). The molecular formula is C20H19ClO2. The zero-order chi connectivity index (χ0) is 15.8. The first-order valence-electron chi connectivity index (χ1n) is 8.18. The number of aliphatic hydroxyl groups is 1. The van der Waals surface area contributed by atoms with Gasteiger partial charge in [-0.05, 0) is 60.2 Å². The Bertz CT molecular complexity index is 844. The second kappa shape index (κ2) is 6.03. The Hall–Kier alpha value is -1.77. The highest BCUT2D eigenvalue weighted by atomic mass is 35.5. The molecule has 0 atom stereocenters. The fourth-order valence-electron chi connectivity index (χ4n) is 3.56. The van der Waals surface area contributed by atoms with Crippen molar-refractivity contribution < 1.29 is 9.52 Å². The van der Waals surface area contributed by atoms with E-state index in [-0.39, 0.29) is 6.61 Å². The van der Waals surface area contributed by atoms with Crippen LogP contribution in [0.2, 0.25) is 5.02 Å². The van der Waals surface area contributed by atoms with Crippen molar-refractivity contribution in [2.45, 2.75) is 38.2 Å². The van der Waals surface area contributed by atoms with Crippen molar-refractivity contribution in [1.82, 2.24) is 0 Å². The summed E-state index contributed by atoms with van der Waals surface area (Å²) in [5.41, 5.74) is 3.98. The molecule has 0 aliphatic heterocycles. The molecule has 118 valence electrons. The van der Waals surface area contributed by atoms with Gasteiger partial charge in [0.05, 0.1) is 11.6 Å². The van der Waals surface area contributed by atoms with Gasteiger partial charge in [0.1, 0.15) is 11.3 Å². The second-order valence-corrected chi connectivity index (χ2v) is 6.77. The third-order valence-corrected chi connectivity index (χ3v) is 5.16. The van der Waals surface area contributed by atoms with Gasteiger partial charge in [-0.25, -0.2) is 0 Å². The van der Waals surface area contributed by atoms with Gasteiger partial charge in [0.2, 0.25) is 0 Å². The van der Waals surface area contributed by atoms with Crippen LogP contribution in [0.5, 0.6) is 0 Å². The average Bonchev–Trinajstić information content (AvgIpc) is 3.23. The molecule has 0 spiro atoms. The summed E-state index contributed by atoms with van der Waals surface area (Å²) < 4.78 is 5.98. The standard InChI is InChI=1S/C20H19ClO2/c21-18-9-13(12-22)5-7-17(18)20-11-16-10-15(6-8-19(16)23-20)14-3-1-2-4-14/h5-11,14,22H,1-4,12H2. The van der Waals surface area contributed by atoms with Gasteiger partial charge in [0, 0.05) is 10.9 Å². The van der Waals surface area contributed by atoms with Crippen LogP contribution in [0.3, 0.4) is 0 Å². The summed E-state index contributed by atoms with van der Waals surface area (Å²) in [5, 5.41) is 10.9. The zero-order valence-corrected chi connectivity index (χ0v) is 13.6. The van der Waals surface area contributed by atoms with Gasteiger partial charge in [0.15, 0.2) is 0 Å². The molecule has 0 bridgehead atoms. The molecule has 1 N–H and O–H groups in total. The summed E-state index contributed by atoms with van der Waals surface area (Å²) in [6.07, 6.45) is 5.27. The Morgan fingerprint density at radius 3 is 2.61 bits per heavy atom. The fourth-order valence-corrected chi connectivity index (χ4v) is 3.86. The molecule has 0 saturated heterocycles. The smallest absolute Gasteiger partial charge is 0.136 e. The minimum atomic E-state index is -0.00905.